The smallest absolute Gasteiger partial charge is 0.227 e. The molecule has 6 rings (SSSR count). The third-order valence-electron chi connectivity index (χ3n) is 7.56. The first kappa shape index (κ1) is 22.2. The monoisotopic (exact) mass is 454 g/mol. The van der Waals surface area contributed by atoms with Gasteiger partial charge in [0.25, 0.3) is 0 Å². The van der Waals surface area contributed by atoms with E-state index in [4.69, 9.17) is 9.84 Å². The molecule has 1 amide bonds. The Labute approximate surface area is 194 Å². The van der Waals surface area contributed by atoms with E-state index < -0.39 is 0 Å². The van der Waals surface area contributed by atoms with Crippen molar-refractivity contribution in [2.75, 3.05) is 57.9 Å². The van der Waals surface area contributed by atoms with Crippen LogP contribution in [-0.2, 0) is 17.8 Å². The van der Waals surface area contributed by atoms with Gasteiger partial charge in [-0.15, -0.1) is 5.10 Å². The Bertz CT molecular complexity index is 957. The molecule has 1 unspecified atom stereocenters. The van der Waals surface area contributed by atoms with Crippen LogP contribution in [0.3, 0.4) is 0 Å². The fourth-order valence-electron chi connectivity index (χ4n) is 5.77. The fraction of sp³-hybridized carbons (Fsp3) is 0.625. The van der Waals surface area contributed by atoms with Crippen LogP contribution in [0.4, 0.5) is 5.69 Å². The first-order valence-corrected chi connectivity index (χ1v) is 12.1. The number of benzene rings is 1. The molecule has 0 spiro atoms. The molecule has 178 valence electrons. The van der Waals surface area contributed by atoms with Gasteiger partial charge in [-0.2, -0.15) is 0 Å². The van der Waals surface area contributed by atoms with Gasteiger partial charge in [0.15, 0.2) is 0 Å². The number of piperidine rings is 3. The third kappa shape index (κ3) is 4.56. The molecule has 5 heterocycles. The molecule has 0 saturated carbocycles. The zero-order valence-corrected chi connectivity index (χ0v) is 19.3. The molecule has 4 aliphatic rings. The van der Waals surface area contributed by atoms with Crippen molar-refractivity contribution in [3.05, 3.63) is 36.2 Å². The fourth-order valence-corrected chi connectivity index (χ4v) is 5.77. The van der Waals surface area contributed by atoms with E-state index in [0.29, 0.717) is 24.3 Å². The highest BCUT2D eigenvalue weighted by atomic mass is 16.5. The third-order valence-corrected chi connectivity index (χ3v) is 7.56. The number of nitrogens with zero attached hydrogens (tertiary/aromatic N) is 6. The van der Waals surface area contributed by atoms with Crippen LogP contribution in [0.25, 0.3) is 0 Å². The van der Waals surface area contributed by atoms with Gasteiger partial charge in [0.2, 0.25) is 5.91 Å². The molecule has 1 aromatic carbocycles. The Kier molecular flexibility index (Phi) is 6.50. The largest absolute Gasteiger partial charge is 0.495 e. The minimum Gasteiger partial charge on any atom is -0.495 e. The predicted octanol–water partition coefficient (Wildman–Crippen LogP) is 0.881. The number of methoxy groups -OCH3 is 1. The van der Waals surface area contributed by atoms with E-state index in [-0.39, 0.29) is 12.5 Å². The number of carbonyl (C=O) groups excluding carboxylic acids is 1. The summed E-state index contributed by atoms with van der Waals surface area (Å²) in [6, 6.07) is 8.50. The van der Waals surface area contributed by atoms with E-state index in [0.717, 1.165) is 75.8 Å². The van der Waals surface area contributed by atoms with Crippen molar-refractivity contribution in [3.63, 3.8) is 0 Å². The van der Waals surface area contributed by atoms with Gasteiger partial charge < -0.3 is 19.6 Å². The summed E-state index contributed by atoms with van der Waals surface area (Å²) >= 11 is 0. The first-order valence-electron chi connectivity index (χ1n) is 12.1. The van der Waals surface area contributed by atoms with Crippen LogP contribution in [0, 0.1) is 11.8 Å². The topological polar surface area (TPSA) is 87.0 Å². The maximum absolute atomic E-state index is 13.5. The van der Waals surface area contributed by atoms with E-state index in [1.807, 2.05) is 29.1 Å². The van der Waals surface area contributed by atoms with Crippen molar-refractivity contribution in [1.82, 2.24) is 24.8 Å². The second kappa shape index (κ2) is 9.69. The second-order valence-corrected chi connectivity index (χ2v) is 9.43. The number of ether oxygens (including phenoxy) is 1. The SMILES string of the molecule is COc1ccccc1N1CCN(C(=O)[C@H]2CN3CC[C@@H]2C[C@@H]3Cn2cc(CCO)nn2)CC1. The number of aromatic nitrogens is 3. The Morgan fingerprint density at radius 2 is 2.00 bits per heavy atom. The lowest BCUT2D eigenvalue weighted by Crippen LogP contribution is -2.60. The van der Waals surface area contributed by atoms with Gasteiger partial charge in [0.1, 0.15) is 5.75 Å². The number of hydrogen-bond acceptors (Lipinski definition) is 7. The van der Waals surface area contributed by atoms with Crippen molar-refractivity contribution < 1.29 is 14.6 Å². The number of carbonyl (C=O) groups is 1. The van der Waals surface area contributed by atoms with Crippen molar-refractivity contribution in [2.24, 2.45) is 11.8 Å². The van der Waals surface area contributed by atoms with Crippen molar-refractivity contribution in [3.8, 4) is 5.75 Å². The Morgan fingerprint density at radius 1 is 1.18 bits per heavy atom. The summed E-state index contributed by atoms with van der Waals surface area (Å²) in [5.41, 5.74) is 1.93. The molecule has 4 fully saturated rings. The average molecular weight is 455 g/mol. The standard InChI is InChI=1S/C24H34N6O3/c1-33-23-5-3-2-4-22(23)27-9-11-28(12-10-27)24(32)21-17-29-8-6-18(21)14-20(29)16-30-15-19(7-13-31)25-26-30/h2-5,15,18,20-21,31H,6-14,16-17H2,1H3/t18-,20-,21+/m1/s1. The van der Waals surface area contributed by atoms with Crippen LogP contribution >= 0.6 is 0 Å². The number of fused-ring (bicyclic) bond motifs is 3. The van der Waals surface area contributed by atoms with E-state index in [9.17, 15) is 4.79 Å². The highest BCUT2D eigenvalue weighted by Crippen LogP contribution is 2.38. The maximum Gasteiger partial charge on any atom is 0.227 e. The molecule has 1 aromatic heterocycles. The quantitative estimate of drug-likeness (QED) is 0.665. The highest BCUT2D eigenvalue weighted by Gasteiger charge is 2.44. The summed E-state index contributed by atoms with van der Waals surface area (Å²) in [4.78, 5) is 20.3. The zero-order chi connectivity index (χ0) is 22.8. The minimum atomic E-state index is 0.0905. The molecular weight excluding hydrogens is 420 g/mol. The number of para-hydroxylation sites is 2. The molecule has 33 heavy (non-hydrogen) atoms. The van der Waals surface area contributed by atoms with Crippen LogP contribution in [0.5, 0.6) is 5.75 Å². The minimum absolute atomic E-state index is 0.0905. The number of piperazine rings is 1. The number of aliphatic hydroxyl groups is 1. The van der Waals surface area contributed by atoms with Gasteiger partial charge >= 0.3 is 0 Å². The normalized spacial score (nSPS) is 27.1. The first-order chi connectivity index (χ1) is 16.2. The maximum atomic E-state index is 13.5. The van der Waals surface area contributed by atoms with Gasteiger partial charge in [0.05, 0.1) is 31.0 Å². The Balaban J connectivity index is 1.16. The number of rotatable bonds is 7. The predicted molar refractivity (Wildman–Crippen MR) is 124 cm³/mol. The molecule has 9 heteroatoms. The Morgan fingerprint density at radius 3 is 2.73 bits per heavy atom. The van der Waals surface area contributed by atoms with Crippen LogP contribution in [-0.4, -0.2) is 94.8 Å². The van der Waals surface area contributed by atoms with E-state index >= 15 is 0 Å². The molecule has 2 aromatic rings. The summed E-state index contributed by atoms with van der Waals surface area (Å²) < 4.78 is 7.41. The molecule has 0 radical (unpaired) electrons. The molecular formula is C24H34N6O3. The number of hydrogen-bond donors (Lipinski definition) is 1. The van der Waals surface area contributed by atoms with E-state index in [2.05, 4.69) is 31.1 Å². The molecule has 4 saturated heterocycles. The molecule has 4 atom stereocenters. The molecule has 2 bridgehead atoms. The lowest BCUT2D eigenvalue weighted by Gasteiger charge is -2.50. The van der Waals surface area contributed by atoms with Gasteiger partial charge in [-0.05, 0) is 37.4 Å². The van der Waals surface area contributed by atoms with Crippen molar-refractivity contribution >= 4 is 11.6 Å². The molecule has 4 aliphatic heterocycles. The second-order valence-electron chi connectivity index (χ2n) is 9.43. The van der Waals surface area contributed by atoms with Crippen LogP contribution in [0.1, 0.15) is 18.5 Å². The lowest BCUT2D eigenvalue weighted by atomic mass is 9.75. The van der Waals surface area contributed by atoms with Crippen molar-refractivity contribution in [1.29, 1.82) is 0 Å². The molecule has 9 nitrogen and oxygen atoms in total. The highest BCUT2D eigenvalue weighted by molar-refractivity contribution is 5.80. The lowest BCUT2D eigenvalue weighted by molar-refractivity contribution is -0.144. The summed E-state index contributed by atoms with van der Waals surface area (Å²) in [5.74, 6) is 1.76. The van der Waals surface area contributed by atoms with Gasteiger partial charge in [-0.25, -0.2) is 0 Å². The number of aliphatic hydroxyl groups excluding tert-OH is 1. The number of amides is 1. The summed E-state index contributed by atoms with van der Waals surface area (Å²) in [6.45, 7) is 5.97. The van der Waals surface area contributed by atoms with Crippen molar-refractivity contribution in [2.45, 2.75) is 31.8 Å². The molecule has 1 N–H and O–H groups in total. The summed E-state index contributed by atoms with van der Waals surface area (Å²) in [6.07, 6.45) is 4.61. The average Bonchev–Trinajstić information content (AvgIpc) is 3.31. The molecule has 0 aliphatic carbocycles. The Hall–Kier alpha value is -2.65. The van der Waals surface area contributed by atoms with E-state index in [1.54, 1.807) is 7.11 Å². The van der Waals surface area contributed by atoms with Crippen LogP contribution in [0.2, 0.25) is 0 Å². The summed E-state index contributed by atoms with van der Waals surface area (Å²) in [5, 5.41) is 17.5. The van der Waals surface area contributed by atoms with Gasteiger partial charge in [-0.3, -0.25) is 14.4 Å². The van der Waals surface area contributed by atoms with E-state index in [1.165, 1.54) is 0 Å². The summed E-state index contributed by atoms with van der Waals surface area (Å²) in [7, 11) is 1.70. The van der Waals surface area contributed by atoms with Gasteiger partial charge in [-0.1, -0.05) is 17.3 Å². The zero-order valence-electron chi connectivity index (χ0n) is 19.3. The van der Waals surface area contributed by atoms with Crippen LogP contribution in [0.15, 0.2) is 30.5 Å². The van der Waals surface area contributed by atoms with Gasteiger partial charge in [0, 0.05) is 58.0 Å². The van der Waals surface area contributed by atoms with Crippen LogP contribution < -0.4 is 9.64 Å². The number of anilines is 1.